The van der Waals surface area contributed by atoms with Crippen LogP contribution in [-0.2, 0) is 46.2 Å². The summed E-state index contributed by atoms with van der Waals surface area (Å²) in [5.41, 5.74) is 4.18. The van der Waals surface area contributed by atoms with Crippen LogP contribution in [0.4, 0.5) is 14.6 Å². The summed E-state index contributed by atoms with van der Waals surface area (Å²) in [6, 6.07) is 13.4. The Balaban J connectivity index is 0.982. The summed E-state index contributed by atoms with van der Waals surface area (Å²) in [5.74, 6) is -2.11. The number of ether oxygens (including phenoxy) is 2. The number of aromatic nitrogens is 16. The van der Waals surface area contributed by atoms with Gasteiger partial charge in [0.15, 0.2) is 29.0 Å². The molecule has 0 spiro atoms. The van der Waals surface area contributed by atoms with E-state index in [0.29, 0.717) is 38.8 Å². The summed E-state index contributed by atoms with van der Waals surface area (Å²) in [4.78, 5) is 8.35. The van der Waals surface area contributed by atoms with E-state index in [-0.39, 0.29) is 47.1 Å². The van der Waals surface area contributed by atoms with E-state index in [1.807, 2.05) is 51.7 Å². The van der Waals surface area contributed by atoms with Crippen LogP contribution in [0.1, 0.15) is 71.2 Å². The average Bonchev–Trinajstić information content (AvgIpc) is 3.86. The first kappa shape index (κ1) is 46.6. The minimum Gasteiger partial charge on any atom is -0.494 e. The highest BCUT2D eigenvalue weighted by molar-refractivity contribution is 7.93. The molecule has 1 N–H and O–H groups in total. The van der Waals surface area contributed by atoms with E-state index < -0.39 is 60.4 Å². The van der Waals surface area contributed by atoms with Gasteiger partial charge in [-0.3, -0.25) is 9.36 Å². The van der Waals surface area contributed by atoms with Crippen molar-refractivity contribution in [3.8, 4) is 22.9 Å². The number of rotatable bonds is 19. The lowest BCUT2D eigenvalue weighted by Crippen LogP contribution is -2.34. The molecule has 28 heteroatoms. The molecule has 2 saturated carbocycles. The second kappa shape index (κ2) is 18.2. The van der Waals surface area contributed by atoms with E-state index in [0.717, 1.165) is 53.0 Å². The van der Waals surface area contributed by atoms with Crippen LogP contribution in [0.2, 0.25) is 0 Å². The maximum Gasteiger partial charge on any atom is 0.269 e. The second-order valence-corrected chi connectivity index (χ2v) is 21.5. The van der Waals surface area contributed by atoms with Crippen LogP contribution >= 0.6 is 0 Å². The molecule has 0 unspecified atom stereocenters. The maximum absolute atomic E-state index is 16.9. The number of nitrogens with one attached hydrogen (secondary N) is 1. The van der Waals surface area contributed by atoms with E-state index in [1.165, 1.54) is 72.3 Å². The van der Waals surface area contributed by atoms with Gasteiger partial charge in [-0.2, -0.15) is 10.2 Å². The van der Waals surface area contributed by atoms with Crippen molar-refractivity contribution in [3.05, 3.63) is 150 Å². The first-order chi connectivity index (χ1) is 35.8. The monoisotopic (exact) mass is 1040 g/mol. The Bertz CT molecular complexity index is 3980. The van der Waals surface area contributed by atoms with Crippen molar-refractivity contribution in [1.29, 1.82) is 0 Å². The normalized spacial score (nSPS) is 14.1. The summed E-state index contributed by atoms with van der Waals surface area (Å²) in [6.45, 7) is -1.74. The molecule has 0 atom stereocenters. The minimum atomic E-state index is -5.00. The molecule has 8 aromatic heterocycles. The van der Waals surface area contributed by atoms with Crippen LogP contribution < -0.4 is 18.5 Å². The van der Waals surface area contributed by atoms with Gasteiger partial charge in [0.1, 0.15) is 33.7 Å². The number of sulfonamides is 2. The molecule has 0 aliphatic heterocycles. The Morgan fingerprint density at radius 3 is 1.77 bits per heavy atom. The number of anilines is 1. The standard InChI is InChI=1S/C46H42F2N18O6S2/c1-71-39-11-9-37(64-26-49-56-58-64)35(44(39)47)16-52-73(67,68)41-25-63(22-33-20-61-18-31(29-5-6-29)8-14-43(61)54-33)55-46(41)66(24-36-38(65-27-50-57-59-65)10-12-40(72-2)45(36)48)74(69,70)34-15-51-62(23-34)21-32-19-60-17-30(28-3-4-28)7-13-42(60)53-32/h7-15,17-20,23,25-29,52H,3-6,16,21-22,24H2,1-2H3. The SMILES string of the molecule is COc1ccc(-n2cnnn2)c(CNS(=O)(=O)c2cn(Cc3cn4cc(C5CC5)ccc4n3)nc2N(Cc2c(-n3cnnn3)ccc(OC)c2F)S(=O)(=O)c2cnn(Cc3cn4cc(C5CC5)ccc4n3)c2)c1F. The zero-order chi connectivity index (χ0) is 50.9. The first-order valence-electron chi connectivity index (χ1n) is 23.1. The summed E-state index contributed by atoms with van der Waals surface area (Å²) >= 11 is 0. The van der Waals surface area contributed by atoms with Gasteiger partial charge in [-0.15, -0.1) is 10.2 Å². The van der Waals surface area contributed by atoms with Gasteiger partial charge < -0.3 is 18.3 Å². The van der Waals surface area contributed by atoms with Gasteiger partial charge in [0, 0.05) is 54.9 Å². The Hall–Kier alpha value is -8.50. The van der Waals surface area contributed by atoms with Gasteiger partial charge in [-0.25, -0.2) is 54.0 Å². The number of pyridine rings is 2. The molecule has 24 nitrogen and oxygen atoms in total. The highest BCUT2D eigenvalue weighted by Crippen LogP contribution is 2.41. The van der Waals surface area contributed by atoms with Crippen molar-refractivity contribution < 1.29 is 35.1 Å². The molecular formula is C46H42F2N18O6S2. The van der Waals surface area contributed by atoms with Crippen molar-refractivity contribution in [2.45, 2.75) is 73.5 Å². The average molecular weight is 1050 g/mol. The molecular weight excluding hydrogens is 1000 g/mol. The number of hydrogen-bond donors (Lipinski definition) is 1. The Morgan fingerprint density at radius 1 is 0.676 bits per heavy atom. The number of fused-ring (bicyclic) bond motifs is 2. The number of nitrogens with zero attached hydrogens (tertiary/aromatic N) is 17. The Morgan fingerprint density at radius 2 is 1.23 bits per heavy atom. The maximum atomic E-state index is 16.9. The smallest absolute Gasteiger partial charge is 0.269 e. The second-order valence-electron chi connectivity index (χ2n) is 17.9. The van der Waals surface area contributed by atoms with Gasteiger partial charge in [-0.05, 0) is 106 Å². The quantitative estimate of drug-likeness (QED) is 0.118. The van der Waals surface area contributed by atoms with Crippen molar-refractivity contribution in [3.63, 3.8) is 0 Å². The lowest BCUT2D eigenvalue weighted by Gasteiger charge is -2.24. The van der Waals surface area contributed by atoms with E-state index in [9.17, 15) is 0 Å². The molecule has 2 aliphatic rings. The van der Waals surface area contributed by atoms with Crippen molar-refractivity contribution >= 4 is 37.2 Å². The summed E-state index contributed by atoms with van der Waals surface area (Å²) in [7, 11) is -7.47. The molecule has 74 heavy (non-hydrogen) atoms. The number of imidazole rings is 2. The number of methoxy groups -OCH3 is 2. The highest BCUT2D eigenvalue weighted by atomic mass is 32.2. The molecule has 2 aliphatic carbocycles. The van der Waals surface area contributed by atoms with Crippen molar-refractivity contribution in [2.24, 2.45) is 0 Å². The largest absolute Gasteiger partial charge is 0.494 e. The van der Waals surface area contributed by atoms with Crippen molar-refractivity contribution in [2.75, 3.05) is 18.5 Å². The summed E-state index contributed by atoms with van der Waals surface area (Å²) < 4.78 is 116. The van der Waals surface area contributed by atoms with E-state index in [1.54, 1.807) is 6.20 Å². The molecule has 0 bridgehead atoms. The zero-order valence-electron chi connectivity index (χ0n) is 39.3. The third kappa shape index (κ3) is 8.74. The topological polar surface area (TPSA) is 259 Å². The van der Waals surface area contributed by atoms with Crippen LogP contribution in [-0.4, -0.2) is 110 Å². The summed E-state index contributed by atoms with van der Waals surface area (Å²) in [6.07, 6.45) is 17.9. The molecule has 10 aromatic rings. The van der Waals surface area contributed by atoms with Crippen LogP contribution in [0.5, 0.6) is 11.5 Å². The van der Waals surface area contributed by atoms with Gasteiger partial charge in [-0.1, -0.05) is 12.1 Å². The predicted molar refractivity (Wildman–Crippen MR) is 256 cm³/mol. The van der Waals surface area contributed by atoms with Crippen LogP contribution in [0.3, 0.4) is 0 Å². The molecule has 2 aromatic carbocycles. The molecule has 8 heterocycles. The fraction of sp³-hybridized carbons (Fsp3) is 0.261. The summed E-state index contributed by atoms with van der Waals surface area (Å²) in [5, 5.41) is 31.5. The van der Waals surface area contributed by atoms with E-state index in [4.69, 9.17) is 19.4 Å². The lowest BCUT2D eigenvalue weighted by molar-refractivity contribution is 0.383. The zero-order valence-corrected chi connectivity index (χ0v) is 40.9. The van der Waals surface area contributed by atoms with Crippen molar-refractivity contribution in [1.82, 2.24) is 83.5 Å². The molecule has 2 fully saturated rings. The highest BCUT2D eigenvalue weighted by Gasteiger charge is 2.37. The van der Waals surface area contributed by atoms with Crippen LogP contribution in [0.15, 0.2) is 114 Å². The minimum absolute atomic E-state index is 0.0123. The number of benzene rings is 2. The molecule has 378 valence electrons. The Kier molecular flexibility index (Phi) is 11.5. The molecule has 0 amide bonds. The van der Waals surface area contributed by atoms with Gasteiger partial charge in [0.05, 0.1) is 62.8 Å². The Labute approximate surface area is 418 Å². The fourth-order valence-electron chi connectivity index (χ4n) is 8.90. The van der Waals surface area contributed by atoms with Gasteiger partial charge in [0.2, 0.25) is 10.0 Å². The lowest BCUT2D eigenvalue weighted by atomic mass is 10.1. The van der Waals surface area contributed by atoms with Crippen LogP contribution in [0, 0.1) is 11.6 Å². The van der Waals surface area contributed by atoms with Crippen LogP contribution in [0.25, 0.3) is 22.7 Å². The molecule has 0 radical (unpaired) electrons. The number of tetrazole rings is 2. The van der Waals surface area contributed by atoms with Gasteiger partial charge in [0.25, 0.3) is 10.0 Å². The third-order valence-corrected chi connectivity index (χ3v) is 16.0. The van der Waals surface area contributed by atoms with E-state index in [2.05, 4.69) is 46.0 Å². The number of halogens is 2. The van der Waals surface area contributed by atoms with E-state index >= 15 is 25.6 Å². The van der Waals surface area contributed by atoms with Gasteiger partial charge >= 0.3 is 0 Å². The number of hydrogen-bond acceptors (Lipinski definition) is 16. The molecule has 12 rings (SSSR count). The first-order valence-corrected chi connectivity index (χ1v) is 26.0. The third-order valence-electron chi connectivity index (χ3n) is 13.0. The molecule has 0 saturated heterocycles. The fourth-order valence-corrected chi connectivity index (χ4v) is 11.5. The predicted octanol–water partition coefficient (Wildman–Crippen LogP) is 4.35.